The fourth-order valence-electron chi connectivity index (χ4n) is 1.35. The minimum Gasteiger partial charge on any atom is -0.378 e. The van der Waals surface area contributed by atoms with Crippen molar-refractivity contribution in [3.63, 3.8) is 0 Å². The maximum absolute atomic E-state index is 10.6. The largest absolute Gasteiger partial charge is 0.378 e. The summed E-state index contributed by atoms with van der Waals surface area (Å²) in [5.74, 6) is 0.150. The number of nitrogens with two attached hydrogens (primary N) is 1. The van der Waals surface area contributed by atoms with E-state index in [0.29, 0.717) is 6.61 Å². The van der Waals surface area contributed by atoms with E-state index in [1.54, 1.807) is 0 Å². The molecular formula is C6H13NO3S. The molecule has 0 spiro atoms. The minimum atomic E-state index is -3.31. The Morgan fingerprint density at radius 3 is 2.64 bits per heavy atom. The predicted octanol–water partition coefficient (Wildman–Crippen LogP) is -0.300. The van der Waals surface area contributed by atoms with E-state index in [1.807, 2.05) is 6.92 Å². The molecule has 5 heteroatoms. The van der Waals surface area contributed by atoms with Crippen molar-refractivity contribution < 1.29 is 13.2 Å². The van der Waals surface area contributed by atoms with Crippen LogP contribution in [-0.4, -0.2) is 26.9 Å². The van der Waals surface area contributed by atoms with Crippen LogP contribution in [-0.2, 0) is 14.8 Å². The van der Waals surface area contributed by atoms with E-state index < -0.39 is 10.0 Å². The molecule has 1 heterocycles. The standard InChI is InChI=1S/C6H13NO3S/c1-5-2-6(3-10-5)4-11(7,8)9/h5-6H,2-4H2,1H3,(H2,7,8,9). The summed E-state index contributed by atoms with van der Waals surface area (Å²) in [4.78, 5) is 0. The summed E-state index contributed by atoms with van der Waals surface area (Å²) in [6, 6.07) is 0. The molecule has 1 aliphatic rings. The Morgan fingerprint density at radius 2 is 2.27 bits per heavy atom. The zero-order valence-corrected chi connectivity index (χ0v) is 7.30. The molecular weight excluding hydrogens is 166 g/mol. The second-order valence-electron chi connectivity index (χ2n) is 3.08. The molecule has 0 bridgehead atoms. The number of ether oxygens (including phenoxy) is 1. The quantitative estimate of drug-likeness (QED) is 0.632. The van der Waals surface area contributed by atoms with E-state index >= 15 is 0 Å². The zero-order chi connectivity index (χ0) is 8.48. The molecule has 11 heavy (non-hydrogen) atoms. The molecule has 0 aliphatic carbocycles. The van der Waals surface area contributed by atoms with Crippen molar-refractivity contribution in [2.45, 2.75) is 19.4 Å². The van der Waals surface area contributed by atoms with Gasteiger partial charge in [-0.2, -0.15) is 0 Å². The van der Waals surface area contributed by atoms with Gasteiger partial charge in [-0.1, -0.05) is 0 Å². The lowest BCUT2D eigenvalue weighted by atomic mass is 10.1. The number of hydrogen-bond donors (Lipinski definition) is 1. The molecule has 2 unspecified atom stereocenters. The second kappa shape index (κ2) is 3.08. The normalized spacial score (nSPS) is 32.5. The van der Waals surface area contributed by atoms with Gasteiger partial charge in [-0.25, -0.2) is 13.6 Å². The van der Waals surface area contributed by atoms with Crippen molar-refractivity contribution >= 4 is 10.0 Å². The number of sulfonamides is 1. The van der Waals surface area contributed by atoms with Gasteiger partial charge in [0.25, 0.3) is 0 Å². The maximum Gasteiger partial charge on any atom is 0.209 e. The number of primary sulfonamides is 1. The Bertz CT molecular complexity index is 224. The van der Waals surface area contributed by atoms with Crippen LogP contribution >= 0.6 is 0 Å². The summed E-state index contributed by atoms with van der Waals surface area (Å²) in [6.07, 6.45) is 0.984. The van der Waals surface area contributed by atoms with Gasteiger partial charge in [0.2, 0.25) is 10.0 Å². The van der Waals surface area contributed by atoms with Gasteiger partial charge in [-0.15, -0.1) is 0 Å². The monoisotopic (exact) mass is 179 g/mol. The van der Waals surface area contributed by atoms with Crippen molar-refractivity contribution in [3.05, 3.63) is 0 Å². The van der Waals surface area contributed by atoms with Crippen LogP contribution in [0.3, 0.4) is 0 Å². The highest BCUT2D eigenvalue weighted by molar-refractivity contribution is 7.89. The van der Waals surface area contributed by atoms with Crippen LogP contribution in [0.4, 0.5) is 0 Å². The van der Waals surface area contributed by atoms with Crippen LogP contribution in [0.15, 0.2) is 0 Å². The molecule has 4 nitrogen and oxygen atoms in total. The second-order valence-corrected chi connectivity index (χ2v) is 4.73. The minimum absolute atomic E-state index is 0.0529. The van der Waals surface area contributed by atoms with E-state index in [2.05, 4.69) is 0 Å². The average molecular weight is 179 g/mol. The van der Waals surface area contributed by atoms with Gasteiger partial charge in [0.1, 0.15) is 0 Å². The van der Waals surface area contributed by atoms with Gasteiger partial charge in [0.15, 0.2) is 0 Å². The van der Waals surface area contributed by atoms with Crippen LogP contribution in [0, 0.1) is 5.92 Å². The first-order valence-electron chi connectivity index (χ1n) is 3.59. The zero-order valence-electron chi connectivity index (χ0n) is 6.49. The Hall–Kier alpha value is -0.130. The molecule has 1 fully saturated rings. The first-order chi connectivity index (χ1) is 4.97. The fourth-order valence-corrected chi connectivity index (χ4v) is 2.24. The molecule has 0 amide bonds. The maximum atomic E-state index is 10.6. The Morgan fingerprint density at radius 1 is 1.64 bits per heavy atom. The van der Waals surface area contributed by atoms with Crippen LogP contribution in [0.1, 0.15) is 13.3 Å². The molecule has 0 saturated carbocycles. The summed E-state index contributed by atoms with van der Waals surface area (Å²) < 4.78 is 26.4. The first kappa shape index (κ1) is 8.96. The van der Waals surface area contributed by atoms with Gasteiger partial charge < -0.3 is 4.74 Å². The molecule has 2 N–H and O–H groups in total. The lowest BCUT2D eigenvalue weighted by Crippen LogP contribution is -2.23. The SMILES string of the molecule is CC1CC(CS(N)(=O)=O)CO1. The Labute approximate surface area is 66.8 Å². The smallest absolute Gasteiger partial charge is 0.209 e. The van der Waals surface area contributed by atoms with Crippen LogP contribution in [0.5, 0.6) is 0 Å². The third-order valence-corrected chi connectivity index (χ3v) is 2.69. The van der Waals surface area contributed by atoms with Gasteiger partial charge in [-0.3, -0.25) is 0 Å². The summed E-state index contributed by atoms with van der Waals surface area (Å²) in [5, 5.41) is 4.88. The van der Waals surface area contributed by atoms with Crippen molar-refractivity contribution in [1.29, 1.82) is 0 Å². The third-order valence-electron chi connectivity index (χ3n) is 1.75. The lowest BCUT2D eigenvalue weighted by Gasteiger charge is -2.03. The van der Waals surface area contributed by atoms with Gasteiger partial charge in [0, 0.05) is 0 Å². The first-order valence-corrected chi connectivity index (χ1v) is 5.31. The highest BCUT2D eigenvalue weighted by atomic mass is 32.2. The van der Waals surface area contributed by atoms with Crippen LogP contribution in [0.25, 0.3) is 0 Å². The van der Waals surface area contributed by atoms with Crippen LogP contribution in [0.2, 0.25) is 0 Å². The van der Waals surface area contributed by atoms with E-state index in [0.717, 1.165) is 6.42 Å². The van der Waals surface area contributed by atoms with E-state index in [9.17, 15) is 8.42 Å². The van der Waals surface area contributed by atoms with Gasteiger partial charge in [0.05, 0.1) is 18.5 Å². The molecule has 1 saturated heterocycles. The summed E-state index contributed by atoms with van der Waals surface area (Å²) in [5.41, 5.74) is 0. The molecule has 0 radical (unpaired) electrons. The van der Waals surface area contributed by atoms with E-state index in [-0.39, 0.29) is 17.8 Å². The number of rotatable bonds is 2. The summed E-state index contributed by atoms with van der Waals surface area (Å²) >= 11 is 0. The highest BCUT2D eigenvalue weighted by Crippen LogP contribution is 2.19. The van der Waals surface area contributed by atoms with Crippen molar-refractivity contribution in [1.82, 2.24) is 0 Å². The molecule has 1 aliphatic heterocycles. The average Bonchev–Trinajstić information content (AvgIpc) is 2.10. The van der Waals surface area contributed by atoms with Gasteiger partial charge in [-0.05, 0) is 19.3 Å². The molecule has 1 rings (SSSR count). The van der Waals surface area contributed by atoms with Crippen LogP contribution < -0.4 is 5.14 Å². The summed E-state index contributed by atoms with van der Waals surface area (Å²) in [7, 11) is -3.31. The topological polar surface area (TPSA) is 69.4 Å². The Kier molecular flexibility index (Phi) is 2.51. The highest BCUT2D eigenvalue weighted by Gasteiger charge is 2.25. The molecule has 2 atom stereocenters. The molecule has 0 aromatic heterocycles. The van der Waals surface area contributed by atoms with Crippen molar-refractivity contribution in [2.24, 2.45) is 11.1 Å². The number of hydrogen-bond acceptors (Lipinski definition) is 3. The summed E-state index contributed by atoms with van der Waals surface area (Å²) in [6.45, 7) is 2.46. The predicted molar refractivity (Wildman–Crippen MR) is 41.5 cm³/mol. The lowest BCUT2D eigenvalue weighted by molar-refractivity contribution is 0.121. The van der Waals surface area contributed by atoms with Crippen molar-refractivity contribution in [2.75, 3.05) is 12.4 Å². The third kappa shape index (κ3) is 3.18. The van der Waals surface area contributed by atoms with Gasteiger partial charge >= 0.3 is 0 Å². The Balaban J connectivity index is 2.41. The molecule has 0 aromatic rings. The molecule has 0 aromatic carbocycles. The fraction of sp³-hybridized carbons (Fsp3) is 1.00. The molecule has 66 valence electrons. The van der Waals surface area contributed by atoms with E-state index in [4.69, 9.17) is 9.88 Å². The van der Waals surface area contributed by atoms with E-state index in [1.165, 1.54) is 0 Å². The van der Waals surface area contributed by atoms with Crippen molar-refractivity contribution in [3.8, 4) is 0 Å².